The monoisotopic (exact) mass is 352 g/mol. The summed E-state index contributed by atoms with van der Waals surface area (Å²) in [5, 5.41) is 4.10. The van der Waals surface area contributed by atoms with Crippen LogP contribution in [0.1, 0.15) is 40.8 Å². The van der Waals surface area contributed by atoms with Crippen molar-refractivity contribution in [2.75, 3.05) is 13.1 Å². The minimum Gasteiger partial charge on any atom is -0.348 e. The highest BCUT2D eigenvalue weighted by atomic mass is 16.5. The third kappa shape index (κ3) is 3.10. The Morgan fingerprint density at radius 3 is 2.69 bits per heavy atom. The molecule has 0 spiro atoms. The van der Waals surface area contributed by atoms with E-state index in [1.807, 2.05) is 41.8 Å². The third-order valence-electron chi connectivity index (χ3n) is 4.75. The van der Waals surface area contributed by atoms with E-state index in [-0.39, 0.29) is 11.8 Å². The predicted molar refractivity (Wildman–Crippen MR) is 93.4 cm³/mol. The van der Waals surface area contributed by atoms with Crippen LogP contribution >= 0.6 is 0 Å². The lowest BCUT2D eigenvalue weighted by Crippen LogP contribution is -2.38. The van der Waals surface area contributed by atoms with E-state index in [1.165, 1.54) is 6.20 Å². The Kier molecular flexibility index (Phi) is 4.24. The summed E-state index contributed by atoms with van der Waals surface area (Å²) in [5.74, 6) is 1.33. The number of aryl methyl sites for hydroxylation is 2. The molecule has 0 bridgehead atoms. The van der Waals surface area contributed by atoms with Crippen molar-refractivity contribution < 1.29 is 9.32 Å². The average molecular weight is 352 g/mol. The molecule has 0 unspecified atom stereocenters. The highest BCUT2D eigenvalue weighted by Crippen LogP contribution is 2.29. The topological polar surface area (TPSA) is 89.9 Å². The Labute approximate surface area is 150 Å². The van der Waals surface area contributed by atoms with Crippen LogP contribution in [0, 0.1) is 6.92 Å². The first-order valence-corrected chi connectivity index (χ1v) is 8.65. The number of likely N-dealkylation sites (tertiary alicyclic amines) is 1. The Morgan fingerprint density at radius 2 is 2.04 bits per heavy atom. The van der Waals surface area contributed by atoms with E-state index in [0.29, 0.717) is 30.5 Å². The van der Waals surface area contributed by atoms with Gasteiger partial charge in [-0.2, -0.15) is 4.98 Å². The molecule has 1 aliphatic rings. The molecule has 4 rings (SSSR count). The van der Waals surface area contributed by atoms with Crippen molar-refractivity contribution in [2.24, 2.45) is 7.05 Å². The van der Waals surface area contributed by atoms with Crippen LogP contribution in [-0.2, 0) is 7.05 Å². The van der Waals surface area contributed by atoms with Crippen molar-refractivity contribution >= 4 is 5.91 Å². The van der Waals surface area contributed by atoms with E-state index in [4.69, 9.17) is 4.52 Å². The number of piperidine rings is 1. The highest BCUT2D eigenvalue weighted by Gasteiger charge is 2.28. The second kappa shape index (κ2) is 6.70. The van der Waals surface area contributed by atoms with E-state index in [9.17, 15) is 4.79 Å². The smallest absolute Gasteiger partial charge is 0.274 e. The van der Waals surface area contributed by atoms with E-state index < -0.39 is 0 Å². The number of nitrogens with zero attached hydrogens (tertiary/aromatic N) is 6. The van der Waals surface area contributed by atoms with Gasteiger partial charge in [0.1, 0.15) is 5.69 Å². The SMILES string of the molecule is Cc1cnc(C(=O)N2CCC(c3nc(-c4cccn4C)no3)CC2)cn1. The first-order valence-electron chi connectivity index (χ1n) is 8.65. The number of hydrogen-bond donors (Lipinski definition) is 0. The number of amides is 1. The van der Waals surface area contributed by atoms with Crippen LogP contribution in [0.2, 0.25) is 0 Å². The Bertz CT molecular complexity index is 906. The van der Waals surface area contributed by atoms with E-state index in [1.54, 1.807) is 6.20 Å². The molecule has 0 aromatic carbocycles. The molecule has 0 radical (unpaired) electrons. The first kappa shape index (κ1) is 16.4. The Morgan fingerprint density at radius 1 is 1.23 bits per heavy atom. The summed E-state index contributed by atoms with van der Waals surface area (Å²) < 4.78 is 7.43. The largest absolute Gasteiger partial charge is 0.348 e. The van der Waals surface area contributed by atoms with Crippen molar-refractivity contribution in [3.63, 3.8) is 0 Å². The van der Waals surface area contributed by atoms with Crippen LogP contribution in [0.4, 0.5) is 0 Å². The molecule has 1 amide bonds. The Hall–Kier alpha value is -3.03. The number of rotatable bonds is 3. The molecule has 8 nitrogen and oxygen atoms in total. The quantitative estimate of drug-likeness (QED) is 0.718. The predicted octanol–water partition coefficient (Wildman–Crippen LogP) is 2.19. The molecule has 1 aliphatic heterocycles. The van der Waals surface area contributed by atoms with Gasteiger partial charge in [-0.05, 0) is 31.9 Å². The summed E-state index contributed by atoms with van der Waals surface area (Å²) in [6, 6.07) is 3.90. The summed E-state index contributed by atoms with van der Waals surface area (Å²) in [6.07, 6.45) is 6.68. The van der Waals surface area contributed by atoms with Gasteiger partial charge in [0.05, 0.1) is 17.6 Å². The van der Waals surface area contributed by atoms with Gasteiger partial charge in [-0.1, -0.05) is 5.16 Å². The highest BCUT2D eigenvalue weighted by molar-refractivity contribution is 5.92. The molecule has 1 fully saturated rings. The maximum absolute atomic E-state index is 12.5. The molecule has 0 aliphatic carbocycles. The van der Waals surface area contributed by atoms with Crippen LogP contribution in [-0.4, -0.2) is 48.6 Å². The van der Waals surface area contributed by atoms with Gasteiger partial charge >= 0.3 is 0 Å². The van der Waals surface area contributed by atoms with Crippen LogP contribution in [0.15, 0.2) is 35.2 Å². The maximum Gasteiger partial charge on any atom is 0.274 e. The lowest BCUT2D eigenvalue weighted by atomic mass is 9.96. The second-order valence-corrected chi connectivity index (χ2v) is 6.57. The summed E-state index contributed by atoms with van der Waals surface area (Å²) in [4.78, 5) is 27.2. The summed E-state index contributed by atoms with van der Waals surface area (Å²) in [6.45, 7) is 3.13. The molecule has 134 valence electrons. The minimum atomic E-state index is -0.0778. The first-order chi connectivity index (χ1) is 12.6. The lowest BCUT2D eigenvalue weighted by molar-refractivity contribution is 0.0698. The molecule has 1 saturated heterocycles. The fourth-order valence-corrected chi connectivity index (χ4v) is 3.19. The van der Waals surface area contributed by atoms with Crippen molar-refractivity contribution in [1.29, 1.82) is 0 Å². The summed E-state index contributed by atoms with van der Waals surface area (Å²) in [7, 11) is 1.95. The molecule has 3 aromatic rings. The number of carbonyl (C=O) groups is 1. The van der Waals surface area contributed by atoms with Crippen molar-refractivity contribution in [3.05, 3.63) is 48.0 Å². The van der Waals surface area contributed by atoms with Gasteiger partial charge in [0, 0.05) is 38.4 Å². The molecule has 0 saturated carbocycles. The van der Waals surface area contributed by atoms with Crippen molar-refractivity contribution in [2.45, 2.75) is 25.7 Å². The average Bonchev–Trinajstić information content (AvgIpc) is 3.31. The zero-order valence-corrected chi connectivity index (χ0v) is 14.8. The van der Waals surface area contributed by atoms with Gasteiger partial charge in [0.15, 0.2) is 0 Å². The van der Waals surface area contributed by atoms with Crippen molar-refractivity contribution in [3.8, 4) is 11.5 Å². The van der Waals surface area contributed by atoms with Gasteiger partial charge in [0.2, 0.25) is 11.7 Å². The molecule has 0 N–H and O–H groups in total. The molecule has 4 heterocycles. The van der Waals surface area contributed by atoms with Crippen LogP contribution in [0.25, 0.3) is 11.5 Å². The zero-order valence-electron chi connectivity index (χ0n) is 14.8. The number of aromatic nitrogens is 5. The van der Waals surface area contributed by atoms with Gasteiger partial charge in [-0.15, -0.1) is 0 Å². The van der Waals surface area contributed by atoms with Crippen LogP contribution in [0.3, 0.4) is 0 Å². The summed E-state index contributed by atoms with van der Waals surface area (Å²) >= 11 is 0. The van der Waals surface area contributed by atoms with Gasteiger partial charge < -0.3 is 14.0 Å². The number of carbonyl (C=O) groups excluding carboxylic acids is 1. The Balaban J connectivity index is 1.41. The molecule has 3 aromatic heterocycles. The number of hydrogen-bond acceptors (Lipinski definition) is 6. The zero-order chi connectivity index (χ0) is 18.1. The fraction of sp³-hybridized carbons (Fsp3) is 0.389. The molecular formula is C18H20N6O2. The van der Waals surface area contributed by atoms with E-state index >= 15 is 0 Å². The van der Waals surface area contributed by atoms with Gasteiger partial charge in [0.25, 0.3) is 5.91 Å². The van der Waals surface area contributed by atoms with Crippen LogP contribution < -0.4 is 0 Å². The lowest BCUT2D eigenvalue weighted by Gasteiger charge is -2.30. The molecule has 0 atom stereocenters. The van der Waals surface area contributed by atoms with E-state index in [2.05, 4.69) is 20.1 Å². The van der Waals surface area contributed by atoms with Gasteiger partial charge in [-0.3, -0.25) is 9.78 Å². The third-order valence-corrected chi connectivity index (χ3v) is 4.75. The molecular weight excluding hydrogens is 332 g/mol. The molecule has 8 heteroatoms. The normalized spacial score (nSPS) is 15.4. The molecule has 26 heavy (non-hydrogen) atoms. The van der Waals surface area contributed by atoms with Crippen LogP contribution in [0.5, 0.6) is 0 Å². The van der Waals surface area contributed by atoms with Crippen molar-refractivity contribution in [1.82, 2.24) is 29.6 Å². The second-order valence-electron chi connectivity index (χ2n) is 6.57. The van der Waals surface area contributed by atoms with Gasteiger partial charge in [-0.25, -0.2) is 4.98 Å². The standard InChI is InChI=1S/C18H20N6O2/c1-12-10-20-14(11-19-12)18(25)24-8-5-13(6-9-24)17-21-16(22-26-17)15-4-3-7-23(15)2/h3-4,7,10-11,13H,5-6,8-9H2,1-2H3. The summed E-state index contributed by atoms with van der Waals surface area (Å²) in [5.41, 5.74) is 2.11. The fourth-order valence-electron chi connectivity index (χ4n) is 3.19. The van der Waals surface area contributed by atoms with E-state index in [0.717, 1.165) is 24.2 Å². The maximum atomic E-state index is 12.5. The minimum absolute atomic E-state index is 0.0778.